The summed E-state index contributed by atoms with van der Waals surface area (Å²) in [5, 5.41) is 11.5. The summed E-state index contributed by atoms with van der Waals surface area (Å²) < 4.78 is 16.8. The van der Waals surface area contributed by atoms with E-state index in [2.05, 4.69) is 31.6 Å². The first-order chi connectivity index (χ1) is 8.83. The van der Waals surface area contributed by atoms with Crippen molar-refractivity contribution in [2.45, 2.75) is 33.4 Å². The molecule has 1 aromatic carbocycles. The Morgan fingerprint density at radius 3 is 2.74 bits per heavy atom. The number of hydrogen-bond acceptors (Lipinski definition) is 3. The van der Waals surface area contributed by atoms with Crippen molar-refractivity contribution in [1.29, 1.82) is 0 Å². The van der Waals surface area contributed by atoms with Crippen molar-refractivity contribution in [1.82, 2.24) is 15.0 Å². The molecule has 0 saturated heterocycles. The third kappa shape index (κ3) is 1.62. The maximum atomic E-state index is 14.2. The third-order valence-corrected chi connectivity index (χ3v) is 4.34. The lowest BCUT2D eigenvalue weighted by molar-refractivity contribution is 0.357. The molecular formula is C13H14BrFN4. The van der Waals surface area contributed by atoms with Gasteiger partial charge in [0.2, 0.25) is 0 Å². The van der Waals surface area contributed by atoms with E-state index in [1.165, 1.54) is 6.07 Å². The highest BCUT2D eigenvalue weighted by molar-refractivity contribution is 9.10. The number of nitrogens with one attached hydrogen (secondary N) is 1. The fourth-order valence-electron chi connectivity index (χ4n) is 2.53. The molecule has 1 aromatic heterocycles. The van der Waals surface area contributed by atoms with Crippen LogP contribution in [0, 0.1) is 19.7 Å². The topological polar surface area (TPSA) is 42.7 Å². The van der Waals surface area contributed by atoms with Crippen molar-refractivity contribution in [2.24, 2.45) is 0 Å². The Kier molecular flexibility index (Phi) is 2.51. The number of halogens is 2. The molecule has 4 nitrogen and oxygen atoms in total. The van der Waals surface area contributed by atoms with Crippen molar-refractivity contribution >= 4 is 21.6 Å². The van der Waals surface area contributed by atoms with E-state index < -0.39 is 5.66 Å². The van der Waals surface area contributed by atoms with Gasteiger partial charge in [0.05, 0.1) is 17.1 Å². The van der Waals surface area contributed by atoms with Gasteiger partial charge in [0.15, 0.2) is 0 Å². The Hall–Kier alpha value is -1.43. The Labute approximate surface area is 119 Å². The van der Waals surface area contributed by atoms with Crippen LogP contribution in [0.4, 0.5) is 10.1 Å². The van der Waals surface area contributed by atoms with Crippen LogP contribution in [0.2, 0.25) is 0 Å². The number of benzene rings is 1. The van der Waals surface area contributed by atoms with Gasteiger partial charge in [-0.1, -0.05) is 21.1 Å². The molecule has 6 heteroatoms. The minimum Gasteiger partial charge on any atom is -0.359 e. The van der Waals surface area contributed by atoms with Gasteiger partial charge in [0.25, 0.3) is 0 Å². The Balaban J connectivity index is 2.45. The summed E-state index contributed by atoms with van der Waals surface area (Å²) in [5.41, 5.74) is 3.49. The fourth-order valence-corrected chi connectivity index (χ4v) is 2.93. The zero-order valence-corrected chi connectivity index (χ0v) is 12.8. The zero-order chi connectivity index (χ0) is 13.9. The lowest BCUT2D eigenvalue weighted by Crippen LogP contribution is -2.40. The van der Waals surface area contributed by atoms with Gasteiger partial charge in [-0.15, -0.1) is 5.10 Å². The summed E-state index contributed by atoms with van der Waals surface area (Å²) >= 11 is 3.40. The monoisotopic (exact) mass is 324 g/mol. The van der Waals surface area contributed by atoms with Crippen LogP contribution in [0.15, 0.2) is 10.5 Å². The molecule has 1 aliphatic heterocycles. The van der Waals surface area contributed by atoms with E-state index in [4.69, 9.17) is 0 Å². The maximum absolute atomic E-state index is 14.2. The number of rotatable bonds is 0. The second-order valence-corrected chi connectivity index (χ2v) is 6.19. The van der Waals surface area contributed by atoms with Crippen LogP contribution in [0.3, 0.4) is 0 Å². The number of hydrogen-bond donors (Lipinski definition) is 1. The molecular weight excluding hydrogens is 311 g/mol. The van der Waals surface area contributed by atoms with Crippen LogP contribution in [0.5, 0.6) is 0 Å². The molecule has 2 heterocycles. The van der Waals surface area contributed by atoms with E-state index in [0.717, 1.165) is 27.0 Å². The molecule has 0 amide bonds. The van der Waals surface area contributed by atoms with E-state index in [0.29, 0.717) is 5.69 Å². The summed E-state index contributed by atoms with van der Waals surface area (Å²) in [5.74, 6) is -0.271. The molecule has 0 spiro atoms. The molecule has 2 aromatic rings. The average Bonchev–Trinajstić information content (AvgIpc) is 2.69. The van der Waals surface area contributed by atoms with Crippen LogP contribution < -0.4 is 5.32 Å². The molecule has 1 N–H and O–H groups in total. The van der Waals surface area contributed by atoms with E-state index in [-0.39, 0.29) is 5.82 Å². The minimum atomic E-state index is -0.509. The number of aromatic nitrogens is 3. The largest absolute Gasteiger partial charge is 0.359 e. The summed E-state index contributed by atoms with van der Waals surface area (Å²) in [6, 6.07) is 1.49. The van der Waals surface area contributed by atoms with Gasteiger partial charge in [-0.05, 0) is 39.3 Å². The first-order valence-electron chi connectivity index (χ1n) is 6.03. The SMILES string of the molecule is Cc1nnn2c1-c1c(C)c(Br)cc(F)c1NC2(C)C. The normalized spacial score (nSPS) is 15.7. The number of anilines is 1. The quantitative estimate of drug-likeness (QED) is 0.805. The van der Waals surface area contributed by atoms with Crippen molar-refractivity contribution in [3.05, 3.63) is 27.6 Å². The van der Waals surface area contributed by atoms with Gasteiger partial charge >= 0.3 is 0 Å². The Bertz CT molecular complexity index is 690. The van der Waals surface area contributed by atoms with Gasteiger partial charge < -0.3 is 5.32 Å². The van der Waals surface area contributed by atoms with E-state index in [1.54, 1.807) is 0 Å². The van der Waals surface area contributed by atoms with Crippen molar-refractivity contribution in [3.8, 4) is 11.3 Å². The van der Waals surface area contributed by atoms with E-state index in [1.807, 2.05) is 32.4 Å². The highest BCUT2D eigenvalue weighted by Crippen LogP contribution is 2.44. The third-order valence-electron chi connectivity index (χ3n) is 3.51. The van der Waals surface area contributed by atoms with Crippen LogP contribution in [-0.4, -0.2) is 15.0 Å². The Morgan fingerprint density at radius 2 is 2.05 bits per heavy atom. The summed E-state index contributed by atoms with van der Waals surface area (Å²) in [7, 11) is 0. The smallest absolute Gasteiger partial charge is 0.148 e. The molecule has 0 atom stereocenters. The zero-order valence-electron chi connectivity index (χ0n) is 11.2. The van der Waals surface area contributed by atoms with Crippen LogP contribution in [0.1, 0.15) is 25.1 Å². The predicted octanol–water partition coefficient (Wildman–Crippen LogP) is 3.58. The first-order valence-corrected chi connectivity index (χ1v) is 6.82. The lowest BCUT2D eigenvalue weighted by Gasteiger charge is -2.35. The molecule has 0 aliphatic carbocycles. The molecule has 0 bridgehead atoms. The van der Waals surface area contributed by atoms with Crippen LogP contribution in [0.25, 0.3) is 11.3 Å². The van der Waals surface area contributed by atoms with Crippen molar-refractivity contribution in [3.63, 3.8) is 0 Å². The molecule has 0 radical (unpaired) electrons. The van der Waals surface area contributed by atoms with Gasteiger partial charge in [-0.25, -0.2) is 9.07 Å². The van der Waals surface area contributed by atoms with Crippen molar-refractivity contribution in [2.75, 3.05) is 5.32 Å². The molecule has 3 rings (SSSR count). The van der Waals surface area contributed by atoms with Gasteiger partial charge in [-0.2, -0.15) is 0 Å². The van der Waals surface area contributed by atoms with Crippen LogP contribution >= 0.6 is 15.9 Å². The van der Waals surface area contributed by atoms with E-state index >= 15 is 0 Å². The van der Waals surface area contributed by atoms with Crippen molar-refractivity contribution < 1.29 is 4.39 Å². The van der Waals surface area contributed by atoms with Crippen LogP contribution in [-0.2, 0) is 5.66 Å². The summed E-state index contributed by atoms with van der Waals surface area (Å²) in [6.45, 7) is 7.75. The molecule has 0 saturated carbocycles. The molecule has 0 fully saturated rings. The molecule has 0 unspecified atom stereocenters. The fraction of sp³-hybridized carbons (Fsp3) is 0.385. The second-order valence-electron chi connectivity index (χ2n) is 5.33. The molecule has 19 heavy (non-hydrogen) atoms. The average molecular weight is 325 g/mol. The maximum Gasteiger partial charge on any atom is 0.148 e. The number of fused-ring (bicyclic) bond motifs is 3. The Morgan fingerprint density at radius 1 is 1.37 bits per heavy atom. The molecule has 1 aliphatic rings. The standard InChI is InChI=1S/C13H14BrFN4/c1-6-8(14)5-9(15)11-10(6)12-7(2)17-18-19(12)13(3,4)16-11/h5,16H,1-4H3. The number of aryl methyl sites for hydroxylation is 1. The minimum absolute atomic E-state index is 0.271. The molecule has 100 valence electrons. The van der Waals surface area contributed by atoms with Gasteiger partial charge in [-0.3, -0.25) is 0 Å². The van der Waals surface area contributed by atoms with Gasteiger partial charge in [0, 0.05) is 10.0 Å². The van der Waals surface area contributed by atoms with Gasteiger partial charge in [0.1, 0.15) is 11.5 Å². The first kappa shape index (κ1) is 12.6. The highest BCUT2D eigenvalue weighted by atomic mass is 79.9. The lowest BCUT2D eigenvalue weighted by atomic mass is 9.97. The highest BCUT2D eigenvalue weighted by Gasteiger charge is 2.35. The second kappa shape index (κ2) is 3.79. The summed E-state index contributed by atoms with van der Waals surface area (Å²) in [6.07, 6.45) is 0. The number of nitrogens with zero attached hydrogens (tertiary/aromatic N) is 3. The van der Waals surface area contributed by atoms with E-state index in [9.17, 15) is 4.39 Å². The predicted molar refractivity (Wildman–Crippen MR) is 75.5 cm³/mol. The summed E-state index contributed by atoms with van der Waals surface area (Å²) in [4.78, 5) is 0.